The van der Waals surface area contributed by atoms with E-state index in [1.807, 2.05) is 0 Å². The molecule has 2 aromatic rings. The Morgan fingerprint density at radius 2 is 1.89 bits per heavy atom. The molecule has 0 saturated carbocycles. The zero-order chi connectivity index (χ0) is 19.2. The van der Waals surface area contributed by atoms with Gasteiger partial charge < -0.3 is 4.90 Å². The first kappa shape index (κ1) is 18.5. The van der Waals surface area contributed by atoms with Gasteiger partial charge in [0.05, 0.1) is 24.1 Å². The van der Waals surface area contributed by atoms with E-state index < -0.39 is 9.84 Å². The Kier molecular flexibility index (Phi) is 4.76. The molecule has 1 fully saturated rings. The van der Waals surface area contributed by atoms with Crippen LogP contribution in [0.25, 0.3) is 0 Å². The van der Waals surface area contributed by atoms with Crippen LogP contribution >= 0.6 is 11.8 Å². The van der Waals surface area contributed by atoms with Crippen molar-refractivity contribution in [1.29, 1.82) is 0 Å². The van der Waals surface area contributed by atoms with Crippen molar-refractivity contribution < 1.29 is 12.8 Å². The maximum atomic E-state index is 13.4. The standard InChI is InChI=1S/C20H21FN2O2S2/c1-13-3-4-14(2)15(9-13)10-23(17-7-5-16(21)6-8-17)20-22-18-11-27(24,25)12-19(18)26-20/h3-9,18-19H,10-12H2,1-2H3/t18-,19-/m1/s1. The van der Waals surface area contributed by atoms with E-state index in [9.17, 15) is 12.8 Å². The number of fused-ring (bicyclic) bond motifs is 1. The highest BCUT2D eigenvalue weighted by molar-refractivity contribution is 8.15. The monoisotopic (exact) mass is 404 g/mol. The summed E-state index contributed by atoms with van der Waals surface area (Å²) in [4.78, 5) is 6.79. The lowest BCUT2D eigenvalue weighted by Crippen LogP contribution is -2.28. The summed E-state index contributed by atoms with van der Waals surface area (Å²) in [6, 6.07) is 12.5. The molecule has 0 amide bonds. The van der Waals surface area contributed by atoms with Crippen molar-refractivity contribution in [3.05, 3.63) is 65.0 Å². The molecule has 1 saturated heterocycles. The molecule has 0 bridgehead atoms. The van der Waals surface area contributed by atoms with Crippen molar-refractivity contribution >= 4 is 32.5 Å². The average molecular weight is 405 g/mol. The lowest BCUT2D eigenvalue weighted by molar-refractivity contribution is 0.601. The number of rotatable bonds is 3. The van der Waals surface area contributed by atoms with Crippen LogP contribution in [0, 0.1) is 19.7 Å². The molecule has 2 aliphatic heterocycles. The Hall–Kier alpha value is -1.86. The molecule has 4 rings (SSSR count). The number of amidine groups is 1. The van der Waals surface area contributed by atoms with Crippen LogP contribution in [0.5, 0.6) is 0 Å². The highest BCUT2D eigenvalue weighted by Crippen LogP contribution is 2.37. The third-order valence-corrected chi connectivity index (χ3v) is 8.25. The van der Waals surface area contributed by atoms with Crippen LogP contribution < -0.4 is 4.90 Å². The fourth-order valence-corrected chi connectivity index (χ4v) is 7.28. The first-order valence-corrected chi connectivity index (χ1v) is 11.5. The molecule has 2 atom stereocenters. The summed E-state index contributed by atoms with van der Waals surface area (Å²) < 4.78 is 37.2. The first-order valence-electron chi connectivity index (χ1n) is 8.85. The predicted molar refractivity (Wildman–Crippen MR) is 110 cm³/mol. The fourth-order valence-electron chi connectivity index (χ4n) is 3.50. The van der Waals surface area contributed by atoms with E-state index in [2.05, 4.69) is 36.9 Å². The van der Waals surface area contributed by atoms with Gasteiger partial charge in [-0.3, -0.25) is 4.99 Å². The van der Waals surface area contributed by atoms with Crippen molar-refractivity contribution in [3.63, 3.8) is 0 Å². The summed E-state index contributed by atoms with van der Waals surface area (Å²) >= 11 is 1.52. The van der Waals surface area contributed by atoms with E-state index >= 15 is 0 Å². The fraction of sp³-hybridized carbons (Fsp3) is 0.350. The lowest BCUT2D eigenvalue weighted by atomic mass is 10.1. The van der Waals surface area contributed by atoms with Crippen molar-refractivity contribution in [2.75, 3.05) is 16.4 Å². The largest absolute Gasteiger partial charge is 0.317 e. The SMILES string of the molecule is Cc1ccc(C)c(CN(C2=N[C@@H]3CS(=O)(=O)C[C@H]3S2)c2ccc(F)cc2)c1. The molecule has 0 radical (unpaired) electrons. The van der Waals surface area contributed by atoms with Gasteiger partial charge in [0.25, 0.3) is 0 Å². The van der Waals surface area contributed by atoms with Crippen molar-refractivity contribution in [2.24, 2.45) is 4.99 Å². The van der Waals surface area contributed by atoms with Gasteiger partial charge >= 0.3 is 0 Å². The molecule has 27 heavy (non-hydrogen) atoms. The number of halogens is 1. The molecule has 7 heteroatoms. The molecule has 0 aliphatic carbocycles. The zero-order valence-electron chi connectivity index (χ0n) is 15.2. The van der Waals surface area contributed by atoms with E-state index in [1.54, 1.807) is 12.1 Å². The molecule has 4 nitrogen and oxygen atoms in total. The van der Waals surface area contributed by atoms with Gasteiger partial charge in [0.2, 0.25) is 0 Å². The Morgan fingerprint density at radius 1 is 1.15 bits per heavy atom. The third kappa shape index (κ3) is 3.89. The summed E-state index contributed by atoms with van der Waals surface area (Å²) in [5.41, 5.74) is 4.39. The molecular weight excluding hydrogens is 383 g/mol. The lowest BCUT2D eigenvalue weighted by Gasteiger charge is -2.26. The number of hydrogen-bond acceptors (Lipinski definition) is 5. The van der Waals surface area contributed by atoms with E-state index in [4.69, 9.17) is 4.99 Å². The molecule has 2 aliphatic rings. The van der Waals surface area contributed by atoms with Gasteiger partial charge in [0, 0.05) is 10.9 Å². The van der Waals surface area contributed by atoms with Crippen LogP contribution in [0.3, 0.4) is 0 Å². The number of aryl methyl sites for hydroxylation is 2. The van der Waals surface area contributed by atoms with Crippen molar-refractivity contribution in [1.82, 2.24) is 0 Å². The number of aliphatic imine (C=N–C) groups is 1. The normalized spacial score (nSPS) is 23.1. The van der Waals surface area contributed by atoms with Crippen LogP contribution in [0.4, 0.5) is 10.1 Å². The molecule has 142 valence electrons. The van der Waals surface area contributed by atoms with E-state index in [1.165, 1.54) is 40.6 Å². The Labute approximate surface area is 163 Å². The van der Waals surface area contributed by atoms with Crippen LogP contribution in [0.15, 0.2) is 47.5 Å². The topological polar surface area (TPSA) is 49.7 Å². The van der Waals surface area contributed by atoms with Gasteiger partial charge in [-0.1, -0.05) is 35.5 Å². The number of hydrogen-bond donors (Lipinski definition) is 0. The average Bonchev–Trinajstić information content (AvgIpc) is 3.10. The highest BCUT2D eigenvalue weighted by Gasteiger charge is 2.44. The number of benzene rings is 2. The summed E-state index contributed by atoms with van der Waals surface area (Å²) in [6.07, 6.45) is 0. The van der Waals surface area contributed by atoms with Crippen LogP contribution in [0.2, 0.25) is 0 Å². The molecule has 2 aromatic carbocycles. The maximum Gasteiger partial charge on any atom is 0.164 e. The number of sulfone groups is 1. The maximum absolute atomic E-state index is 13.4. The van der Waals surface area contributed by atoms with E-state index in [0.29, 0.717) is 6.54 Å². The number of nitrogens with zero attached hydrogens (tertiary/aromatic N) is 2. The molecule has 0 unspecified atom stereocenters. The minimum absolute atomic E-state index is 0.0217. The van der Waals surface area contributed by atoms with E-state index in [0.717, 1.165) is 10.9 Å². The summed E-state index contributed by atoms with van der Waals surface area (Å²) in [7, 11) is -2.99. The first-order chi connectivity index (χ1) is 12.8. The number of anilines is 1. The zero-order valence-corrected chi connectivity index (χ0v) is 16.9. The predicted octanol–water partition coefficient (Wildman–Crippen LogP) is 3.72. The Bertz CT molecular complexity index is 1000. The molecule has 2 heterocycles. The second kappa shape index (κ2) is 6.95. The Morgan fingerprint density at radius 3 is 2.59 bits per heavy atom. The number of thioether (sulfide) groups is 1. The van der Waals surface area contributed by atoms with Gasteiger partial charge in [0.15, 0.2) is 15.0 Å². The second-order valence-electron chi connectivity index (χ2n) is 7.20. The van der Waals surface area contributed by atoms with E-state index in [-0.39, 0.29) is 28.6 Å². The van der Waals surface area contributed by atoms with Gasteiger partial charge in [-0.15, -0.1) is 0 Å². The van der Waals surface area contributed by atoms with Gasteiger partial charge in [-0.05, 0) is 49.2 Å². The van der Waals surface area contributed by atoms with Crippen LogP contribution in [0.1, 0.15) is 16.7 Å². The van der Waals surface area contributed by atoms with Gasteiger partial charge in [0.1, 0.15) is 5.82 Å². The third-order valence-electron chi connectivity index (χ3n) is 5.01. The minimum Gasteiger partial charge on any atom is -0.317 e. The minimum atomic E-state index is -2.99. The van der Waals surface area contributed by atoms with Crippen molar-refractivity contribution in [2.45, 2.75) is 31.7 Å². The summed E-state index contributed by atoms with van der Waals surface area (Å²) in [5, 5.41) is 0.791. The quantitative estimate of drug-likeness (QED) is 0.782. The van der Waals surface area contributed by atoms with Gasteiger partial charge in [-0.25, -0.2) is 12.8 Å². The Balaban J connectivity index is 1.69. The molecule has 0 spiro atoms. The molecule has 0 N–H and O–H groups in total. The second-order valence-corrected chi connectivity index (χ2v) is 10.6. The van der Waals surface area contributed by atoms with Crippen LogP contribution in [-0.4, -0.2) is 36.4 Å². The summed E-state index contributed by atoms with van der Waals surface area (Å²) in [5.74, 6) is 0.0136. The van der Waals surface area contributed by atoms with Gasteiger partial charge in [-0.2, -0.15) is 0 Å². The van der Waals surface area contributed by atoms with Crippen LogP contribution in [-0.2, 0) is 16.4 Å². The van der Waals surface area contributed by atoms with Crippen molar-refractivity contribution in [3.8, 4) is 0 Å². The molecule has 0 aromatic heterocycles. The smallest absolute Gasteiger partial charge is 0.164 e. The summed E-state index contributed by atoms with van der Waals surface area (Å²) in [6.45, 7) is 4.74. The highest BCUT2D eigenvalue weighted by atomic mass is 32.2. The molecular formula is C20H21FN2O2S2.